The monoisotopic (exact) mass is 574 g/mol. The maximum Gasteiger partial charge on any atom is 0.264 e. The van der Waals surface area contributed by atoms with Gasteiger partial charge in [-0.15, -0.1) is 0 Å². The van der Waals surface area contributed by atoms with Gasteiger partial charge in [0.15, 0.2) is 6.10 Å². The molecule has 41 heavy (non-hydrogen) atoms. The standard InChI is InChI=1S/C32H34N2O6S/c1-32(2,3)23-12-17-29-27(20-23)34(41(36,37)25-15-13-24(38-4)14-16-25)21-30(40-29)31(35)33-18-19-39-28-11-7-9-22-8-5-6-10-26(22)28/h5-17,20,30H,18-19,21H2,1-4H3,(H,33,35)/t30-/m0/s1. The minimum absolute atomic E-state index is 0.0926. The third-order valence-electron chi connectivity index (χ3n) is 7.04. The van der Waals surface area contributed by atoms with E-state index in [-0.39, 0.29) is 30.0 Å². The van der Waals surface area contributed by atoms with Crippen LogP contribution in [0.3, 0.4) is 0 Å². The lowest BCUT2D eigenvalue weighted by molar-refractivity contribution is -0.127. The van der Waals surface area contributed by atoms with Crippen LogP contribution in [0.5, 0.6) is 17.2 Å². The van der Waals surface area contributed by atoms with Crippen molar-refractivity contribution in [2.24, 2.45) is 0 Å². The number of anilines is 1. The summed E-state index contributed by atoms with van der Waals surface area (Å²) in [5, 5.41) is 4.89. The Morgan fingerprint density at radius 1 is 1.00 bits per heavy atom. The molecule has 0 bridgehead atoms. The number of carbonyl (C=O) groups is 1. The van der Waals surface area contributed by atoms with Crippen molar-refractivity contribution < 1.29 is 27.4 Å². The SMILES string of the molecule is COc1ccc(S(=O)(=O)N2C[C@@H](C(=O)NCCOc3cccc4ccccc34)Oc3ccc(C(C)(C)C)cc32)cc1. The molecule has 0 saturated carbocycles. The molecule has 0 spiro atoms. The highest BCUT2D eigenvalue weighted by Crippen LogP contribution is 2.40. The van der Waals surface area contributed by atoms with Gasteiger partial charge in [-0.3, -0.25) is 9.10 Å². The van der Waals surface area contributed by atoms with Crippen LogP contribution in [0.4, 0.5) is 5.69 Å². The average Bonchev–Trinajstić information content (AvgIpc) is 2.97. The Balaban J connectivity index is 1.35. The average molecular weight is 575 g/mol. The first kappa shape index (κ1) is 28.3. The number of fused-ring (bicyclic) bond motifs is 2. The number of nitrogens with one attached hydrogen (secondary N) is 1. The van der Waals surface area contributed by atoms with E-state index < -0.39 is 22.0 Å². The van der Waals surface area contributed by atoms with Crippen LogP contribution in [0.15, 0.2) is 89.8 Å². The highest BCUT2D eigenvalue weighted by atomic mass is 32.2. The molecule has 1 amide bonds. The van der Waals surface area contributed by atoms with Gasteiger partial charge in [0.2, 0.25) is 0 Å². The quantitative estimate of drug-likeness (QED) is 0.287. The first-order chi connectivity index (χ1) is 19.6. The second kappa shape index (κ2) is 11.3. The molecule has 8 nitrogen and oxygen atoms in total. The van der Waals surface area contributed by atoms with Gasteiger partial charge in [0.25, 0.3) is 15.9 Å². The molecule has 1 aliphatic heterocycles. The fourth-order valence-electron chi connectivity index (χ4n) is 4.73. The summed E-state index contributed by atoms with van der Waals surface area (Å²) in [6, 6.07) is 25.4. The summed E-state index contributed by atoms with van der Waals surface area (Å²) in [5.74, 6) is 1.18. The van der Waals surface area contributed by atoms with Crippen molar-refractivity contribution in [2.75, 3.05) is 31.1 Å². The van der Waals surface area contributed by atoms with Crippen LogP contribution >= 0.6 is 0 Å². The molecule has 214 valence electrons. The lowest BCUT2D eigenvalue weighted by atomic mass is 9.86. The molecule has 4 aromatic rings. The second-order valence-corrected chi connectivity index (χ2v) is 12.7. The number of benzene rings is 4. The Hall–Kier alpha value is -4.24. The summed E-state index contributed by atoms with van der Waals surface area (Å²) in [4.78, 5) is 13.3. The van der Waals surface area contributed by atoms with Crippen LogP contribution in [0.25, 0.3) is 10.8 Å². The lowest BCUT2D eigenvalue weighted by Crippen LogP contribution is -2.51. The number of hydrogen-bond acceptors (Lipinski definition) is 6. The van der Waals surface area contributed by atoms with Crippen molar-refractivity contribution in [2.45, 2.75) is 37.2 Å². The summed E-state index contributed by atoms with van der Waals surface area (Å²) in [5.41, 5.74) is 1.13. The first-order valence-electron chi connectivity index (χ1n) is 13.4. The van der Waals surface area contributed by atoms with E-state index in [4.69, 9.17) is 14.2 Å². The van der Waals surface area contributed by atoms with Gasteiger partial charge >= 0.3 is 0 Å². The van der Waals surface area contributed by atoms with Gasteiger partial charge in [-0.2, -0.15) is 0 Å². The molecule has 1 heterocycles. The zero-order chi connectivity index (χ0) is 29.2. The number of methoxy groups -OCH3 is 1. The topological polar surface area (TPSA) is 94.2 Å². The van der Waals surface area contributed by atoms with Gasteiger partial charge in [0.05, 0.1) is 30.8 Å². The van der Waals surface area contributed by atoms with Gasteiger partial charge in [0.1, 0.15) is 23.9 Å². The Bertz CT molecular complexity index is 1660. The number of sulfonamides is 1. The molecule has 4 aromatic carbocycles. The fraction of sp³-hybridized carbons (Fsp3) is 0.281. The third-order valence-corrected chi connectivity index (χ3v) is 8.84. The Kier molecular flexibility index (Phi) is 7.82. The smallest absolute Gasteiger partial charge is 0.264 e. The first-order valence-corrected chi connectivity index (χ1v) is 14.9. The molecule has 0 aromatic heterocycles. The number of hydrogen-bond donors (Lipinski definition) is 1. The van der Waals surface area contributed by atoms with Crippen LogP contribution in [0, 0.1) is 0 Å². The van der Waals surface area contributed by atoms with Crippen molar-refractivity contribution in [3.05, 3.63) is 90.5 Å². The molecule has 5 rings (SSSR count). The number of amides is 1. The number of ether oxygens (including phenoxy) is 3. The molecule has 0 unspecified atom stereocenters. The maximum absolute atomic E-state index is 13.9. The van der Waals surface area contributed by atoms with E-state index in [9.17, 15) is 13.2 Å². The molecule has 1 atom stereocenters. The summed E-state index contributed by atoms with van der Waals surface area (Å²) < 4.78 is 46.2. The molecular weight excluding hydrogens is 540 g/mol. The van der Waals surface area contributed by atoms with Crippen LogP contribution in [-0.2, 0) is 20.2 Å². The predicted octanol–water partition coefficient (Wildman–Crippen LogP) is 5.30. The highest BCUT2D eigenvalue weighted by Gasteiger charge is 2.38. The zero-order valence-electron chi connectivity index (χ0n) is 23.6. The number of rotatable bonds is 8. The fourth-order valence-corrected chi connectivity index (χ4v) is 6.20. The van der Waals surface area contributed by atoms with E-state index >= 15 is 0 Å². The number of nitrogens with zero attached hydrogens (tertiary/aromatic N) is 1. The minimum atomic E-state index is -4.02. The molecule has 1 N–H and O–H groups in total. The molecule has 1 aliphatic rings. The largest absolute Gasteiger partial charge is 0.497 e. The van der Waals surface area contributed by atoms with E-state index in [0.29, 0.717) is 17.2 Å². The van der Waals surface area contributed by atoms with Gasteiger partial charge in [-0.05, 0) is 58.8 Å². The van der Waals surface area contributed by atoms with Gasteiger partial charge in [-0.25, -0.2) is 8.42 Å². The minimum Gasteiger partial charge on any atom is -0.497 e. The Morgan fingerprint density at radius 3 is 2.46 bits per heavy atom. The summed E-state index contributed by atoms with van der Waals surface area (Å²) >= 11 is 0. The summed E-state index contributed by atoms with van der Waals surface area (Å²) in [6.07, 6.45) is -1.05. The molecule has 0 fully saturated rings. The number of carbonyl (C=O) groups excluding carboxylic acids is 1. The van der Waals surface area contributed by atoms with Crippen molar-refractivity contribution in [3.63, 3.8) is 0 Å². The van der Waals surface area contributed by atoms with Crippen LogP contribution in [0.2, 0.25) is 0 Å². The maximum atomic E-state index is 13.9. The molecule has 0 saturated heterocycles. The van der Waals surface area contributed by atoms with Gasteiger partial charge < -0.3 is 19.5 Å². The van der Waals surface area contributed by atoms with Crippen LogP contribution < -0.4 is 23.8 Å². The van der Waals surface area contributed by atoms with Crippen molar-refractivity contribution in [1.29, 1.82) is 0 Å². The molecule has 9 heteroatoms. The Morgan fingerprint density at radius 2 is 1.73 bits per heavy atom. The van der Waals surface area contributed by atoms with E-state index in [1.807, 2.05) is 54.6 Å². The second-order valence-electron chi connectivity index (χ2n) is 10.9. The van der Waals surface area contributed by atoms with Gasteiger partial charge in [0, 0.05) is 5.39 Å². The van der Waals surface area contributed by atoms with E-state index in [1.165, 1.54) is 23.5 Å². The van der Waals surface area contributed by atoms with Gasteiger partial charge in [-0.1, -0.05) is 63.2 Å². The van der Waals surface area contributed by atoms with E-state index in [1.54, 1.807) is 18.2 Å². The summed E-state index contributed by atoms with van der Waals surface area (Å²) in [6.45, 7) is 6.45. The summed E-state index contributed by atoms with van der Waals surface area (Å²) in [7, 11) is -2.50. The van der Waals surface area contributed by atoms with Crippen LogP contribution in [-0.4, -0.2) is 47.2 Å². The van der Waals surface area contributed by atoms with Crippen molar-refractivity contribution in [1.82, 2.24) is 5.32 Å². The molecular formula is C32H34N2O6S. The molecule has 0 radical (unpaired) electrons. The zero-order valence-corrected chi connectivity index (χ0v) is 24.4. The van der Waals surface area contributed by atoms with E-state index in [2.05, 4.69) is 26.1 Å². The van der Waals surface area contributed by atoms with Crippen LogP contribution in [0.1, 0.15) is 26.3 Å². The third kappa shape index (κ3) is 5.95. The highest BCUT2D eigenvalue weighted by molar-refractivity contribution is 7.92. The normalized spacial score (nSPS) is 15.1. The van der Waals surface area contributed by atoms with E-state index in [0.717, 1.165) is 22.1 Å². The van der Waals surface area contributed by atoms with Crippen molar-refractivity contribution >= 4 is 32.4 Å². The Labute approximate surface area is 240 Å². The predicted molar refractivity (Wildman–Crippen MR) is 160 cm³/mol. The lowest BCUT2D eigenvalue weighted by Gasteiger charge is -2.36. The van der Waals surface area contributed by atoms with Crippen molar-refractivity contribution in [3.8, 4) is 17.2 Å². The molecule has 0 aliphatic carbocycles.